The number of nitrogens with one attached hydrogen (secondary N) is 1. The molecule has 0 amide bonds. The summed E-state index contributed by atoms with van der Waals surface area (Å²) >= 11 is 0. The Morgan fingerprint density at radius 3 is 2.25 bits per heavy atom. The van der Waals surface area contributed by atoms with Gasteiger partial charge in [0.15, 0.2) is 0 Å². The summed E-state index contributed by atoms with van der Waals surface area (Å²) in [5.41, 5.74) is 0.868. The van der Waals surface area contributed by atoms with Crippen LogP contribution < -0.4 is 0 Å². The molecule has 8 heavy (non-hydrogen) atoms. The van der Waals surface area contributed by atoms with Gasteiger partial charge in [-0.3, -0.25) is 5.41 Å². The molecule has 0 saturated heterocycles. The lowest BCUT2D eigenvalue weighted by atomic mass is 10.3. The number of methoxy groups -OCH3 is 1. The quantitative estimate of drug-likeness (QED) is 0.406. The van der Waals surface area contributed by atoms with E-state index in [1.807, 2.05) is 19.9 Å². The zero-order chi connectivity index (χ0) is 6.57. The monoisotopic (exact) mass is 113 g/mol. The maximum absolute atomic E-state index is 7.05. The van der Waals surface area contributed by atoms with Gasteiger partial charge in [-0.1, -0.05) is 6.08 Å². The van der Waals surface area contributed by atoms with Crippen LogP contribution in [0.25, 0.3) is 0 Å². The van der Waals surface area contributed by atoms with Crippen LogP contribution in [0.3, 0.4) is 0 Å². The molecule has 0 unspecified atom stereocenters. The molecule has 0 aromatic rings. The maximum atomic E-state index is 7.05. The van der Waals surface area contributed by atoms with E-state index in [1.54, 1.807) is 0 Å². The molecular weight excluding hydrogens is 102 g/mol. The first-order valence-electron chi connectivity index (χ1n) is 2.48. The van der Waals surface area contributed by atoms with Gasteiger partial charge in [0.05, 0.1) is 7.11 Å². The van der Waals surface area contributed by atoms with Crippen LogP contribution in [0.2, 0.25) is 0 Å². The van der Waals surface area contributed by atoms with Crippen LogP contribution in [0.1, 0.15) is 13.8 Å². The van der Waals surface area contributed by atoms with E-state index in [-0.39, 0.29) is 5.90 Å². The number of hydrogen-bond acceptors (Lipinski definition) is 2. The zero-order valence-electron chi connectivity index (χ0n) is 5.49. The van der Waals surface area contributed by atoms with E-state index in [4.69, 9.17) is 5.41 Å². The van der Waals surface area contributed by atoms with Crippen molar-refractivity contribution in [2.75, 3.05) is 7.11 Å². The Morgan fingerprint density at radius 2 is 2.12 bits per heavy atom. The lowest BCUT2D eigenvalue weighted by molar-refractivity contribution is 0.400. The predicted octanol–water partition coefficient (Wildman–Crippen LogP) is 1.58. The second kappa shape index (κ2) is 3.24. The highest BCUT2D eigenvalue weighted by Crippen LogP contribution is 1.92. The van der Waals surface area contributed by atoms with Crippen molar-refractivity contribution in [2.24, 2.45) is 0 Å². The first-order chi connectivity index (χ1) is 3.72. The van der Waals surface area contributed by atoms with Gasteiger partial charge < -0.3 is 4.74 Å². The fourth-order valence-electron chi connectivity index (χ4n) is 0.292. The average Bonchev–Trinajstić information content (AvgIpc) is 1.84. The van der Waals surface area contributed by atoms with Crippen molar-refractivity contribution in [1.82, 2.24) is 0 Å². The van der Waals surface area contributed by atoms with Crippen molar-refractivity contribution in [2.45, 2.75) is 13.8 Å². The van der Waals surface area contributed by atoms with Crippen LogP contribution in [0.4, 0.5) is 0 Å². The Kier molecular flexibility index (Phi) is 2.92. The van der Waals surface area contributed by atoms with Crippen LogP contribution in [-0.4, -0.2) is 13.0 Å². The number of hydrogen-bond donors (Lipinski definition) is 1. The van der Waals surface area contributed by atoms with Gasteiger partial charge in [0, 0.05) is 5.57 Å². The summed E-state index contributed by atoms with van der Waals surface area (Å²) in [5, 5.41) is 7.05. The molecule has 0 rings (SSSR count). The molecule has 2 heteroatoms. The molecule has 0 spiro atoms. The third kappa shape index (κ3) is 1.78. The van der Waals surface area contributed by atoms with E-state index in [9.17, 15) is 0 Å². The molecule has 1 N–H and O–H groups in total. The molecule has 0 bridgehead atoms. The first-order valence-corrected chi connectivity index (χ1v) is 2.48. The Labute approximate surface area is 49.7 Å². The summed E-state index contributed by atoms with van der Waals surface area (Å²) in [6, 6.07) is 0. The molecule has 0 saturated carbocycles. The van der Waals surface area contributed by atoms with Crippen molar-refractivity contribution in [1.29, 1.82) is 5.41 Å². The molecule has 0 fully saturated rings. The maximum Gasteiger partial charge on any atom is 0.208 e. The van der Waals surface area contributed by atoms with Crippen molar-refractivity contribution >= 4 is 5.90 Å². The summed E-state index contributed by atoms with van der Waals surface area (Å²) in [4.78, 5) is 0. The molecule has 0 aromatic heterocycles. The predicted molar refractivity (Wildman–Crippen MR) is 34.2 cm³/mol. The molecule has 0 aromatic carbocycles. The number of ether oxygens (including phenoxy) is 1. The molecule has 2 nitrogen and oxygen atoms in total. The SMILES string of the molecule is CC=C(C)C(=N)OC. The van der Waals surface area contributed by atoms with Gasteiger partial charge in [-0.2, -0.15) is 0 Å². The highest BCUT2D eigenvalue weighted by Gasteiger charge is 1.92. The topological polar surface area (TPSA) is 33.1 Å². The van der Waals surface area contributed by atoms with E-state index in [0.29, 0.717) is 0 Å². The summed E-state index contributed by atoms with van der Waals surface area (Å²) in [6.07, 6.45) is 1.84. The van der Waals surface area contributed by atoms with Gasteiger partial charge in [0.1, 0.15) is 0 Å². The summed E-state index contributed by atoms with van der Waals surface area (Å²) in [7, 11) is 1.50. The smallest absolute Gasteiger partial charge is 0.208 e. The molecular formula is C6H11NO. The third-order valence-corrected chi connectivity index (χ3v) is 0.995. The van der Waals surface area contributed by atoms with Crippen molar-refractivity contribution in [3.05, 3.63) is 11.6 Å². The van der Waals surface area contributed by atoms with Crippen LogP contribution >= 0.6 is 0 Å². The summed E-state index contributed by atoms with van der Waals surface area (Å²) in [6.45, 7) is 3.72. The molecule has 0 radical (unpaired) electrons. The Hall–Kier alpha value is -0.790. The second-order valence-electron chi connectivity index (χ2n) is 1.50. The van der Waals surface area contributed by atoms with Gasteiger partial charge in [0.25, 0.3) is 0 Å². The summed E-state index contributed by atoms with van der Waals surface area (Å²) < 4.78 is 4.62. The first kappa shape index (κ1) is 7.21. The van der Waals surface area contributed by atoms with Crippen molar-refractivity contribution in [3.63, 3.8) is 0 Å². The highest BCUT2D eigenvalue weighted by atomic mass is 16.5. The van der Waals surface area contributed by atoms with Gasteiger partial charge in [-0.05, 0) is 13.8 Å². The van der Waals surface area contributed by atoms with E-state index < -0.39 is 0 Å². The number of rotatable bonds is 1. The fourth-order valence-corrected chi connectivity index (χ4v) is 0.292. The van der Waals surface area contributed by atoms with Gasteiger partial charge in [0.2, 0.25) is 5.90 Å². The van der Waals surface area contributed by atoms with Gasteiger partial charge in [-0.15, -0.1) is 0 Å². The van der Waals surface area contributed by atoms with Crippen molar-refractivity contribution < 1.29 is 4.74 Å². The summed E-state index contributed by atoms with van der Waals surface area (Å²) in [5.74, 6) is 0.243. The van der Waals surface area contributed by atoms with E-state index in [0.717, 1.165) is 5.57 Å². The molecule has 0 atom stereocenters. The van der Waals surface area contributed by atoms with Crippen LogP contribution in [0.5, 0.6) is 0 Å². The zero-order valence-corrected chi connectivity index (χ0v) is 5.49. The number of allylic oxidation sites excluding steroid dienone is 1. The van der Waals surface area contributed by atoms with Crippen molar-refractivity contribution in [3.8, 4) is 0 Å². The van der Waals surface area contributed by atoms with E-state index in [1.165, 1.54) is 7.11 Å². The largest absolute Gasteiger partial charge is 0.481 e. The normalized spacial score (nSPS) is 11.1. The Morgan fingerprint density at radius 1 is 1.62 bits per heavy atom. The average molecular weight is 113 g/mol. The van der Waals surface area contributed by atoms with E-state index >= 15 is 0 Å². The lowest BCUT2D eigenvalue weighted by Gasteiger charge is -1.98. The molecule has 0 heterocycles. The van der Waals surface area contributed by atoms with Gasteiger partial charge in [-0.25, -0.2) is 0 Å². The molecule has 0 aliphatic carbocycles. The fraction of sp³-hybridized carbons (Fsp3) is 0.500. The highest BCUT2D eigenvalue weighted by molar-refractivity contribution is 5.89. The minimum atomic E-state index is 0.243. The minimum absolute atomic E-state index is 0.243. The van der Waals surface area contributed by atoms with Crippen LogP contribution in [-0.2, 0) is 4.74 Å². The van der Waals surface area contributed by atoms with Crippen LogP contribution in [0.15, 0.2) is 11.6 Å². The standard InChI is InChI=1S/C6H11NO/c1-4-5(2)6(7)8-3/h4,7H,1-3H3. The minimum Gasteiger partial charge on any atom is -0.481 e. The Balaban J connectivity index is 3.83. The van der Waals surface area contributed by atoms with E-state index in [2.05, 4.69) is 4.74 Å². The molecule has 0 aliphatic rings. The molecule has 46 valence electrons. The Bertz CT molecular complexity index is 116. The molecule has 0 aliphatic heterocycles. The second-order valence-corrected chi connectivity index (χ2v) is 1.50. The lowest BCUT2D eigenvalue weighted by Crippen LogP contribution is -1.98. The van der Waals surface area contributed by atoms with Crippen LogP contribution in [0, 0.1) is 5.41 Å². The third-order valence-electron chi connectivity index (χ3n) is 0.995. The van der Waals surface area contributed by atoms with Gasteiger partial charge >= 0.3 is 0 Å².